The number of rotatable bonds is 5. The molecular formula is C9H15NO2S. The van der Waals surface area contributed by atoms with Gasteiger partial charge in [-0.2, -0.15) is 0 Å². The van der Waals surface area contributed by atoms with Gasteiger partial charge in [-0.1, -0.05) is 0 Å². The van der Waals surface area contributed by atoms with E-state index in [0.29, 0.717) is 6.54 Å². The molecule has 0 amide bonds. The molecule has 1 aromatic rings. The summed E-state index contributed by atoms with van der Waals surface area (Å²) in [6, 6.07) is 2.07. The Morgan fingerprint density at radius 1 is 1.62 bits per heavy atom. The van der Waals surface area contributed by atoms with E-state index in [9.17, 15) is 0 Å². The predicted octanol–water partition coefficient (Wildman–Crippen LogP) is 0.499. The van der Waals surface area contributed by atoms with Crippen LogP contribution in [-0.4, -0.2) is 29.5 Å². The molecule has 1 aromatic heterocycles. The van der Waals surface area contributed by atoms with Crippen LogP contribution in [0.1, 0.15) is 10.4 Å². The zero-order valence-electron chi connectivity index (χ0n) is 7.66. The largest absolute Gasteiger partial charge is 0.394 e. The maximum Gasteiger partial charge on any atom is 0.0895 e. The van der Waals surface area contributed by atoms with E-state index in [1.54, 1.807) is 11.3 Å². The Morgan fingerprint density at radius 3 is 2.92 bits per heavy atom. The van der Waals surface area contributed by atoms with Gasteiger partial charge in [-0.25, -0.2) is 0 Å². The first kappa shape index (κ1) is 10.7. The molecule has 0 saturated carbocycles. The van der Waals surface area contributed by atoms with Gasteiger partial charge in [0.15, 0.2) is 0 Å². The lowest BCUT2D eigenvalue weighted by Crippen LogP contribution is -2.28. The summed E-state index contributed by atoms with van der Waals surface area (Å²) < 4.78 is 0. The Hall–Kier alpha value is -0.420. The van der Waals surface area contributed by atoms with Crippen LogP contribution in [0.15, 0.2) is 11.4 Å². The number of aliphatic hydroxyl groups excluding tert-OH is 2. The van der Waals surface area contributed by atoms with Crippen LogP contribution in [0.25, 0.3) is 0 Å². The lowest BCUT2D eigenvalue weighted by atomic mass is 10.3. The van der Waals surface area contributed by atoms with Crippen LogP contribution in [0, 0.1) is 6.92 Å². The molecule has 1 heterocycles. The second-order valence-electron chi connectivity index (χ2n) is 2.99. The van der Waals surface area contributed by atoms with Crippen LogP contribution in [0.5, 0.6) is 0 Å². The Bertz CT molecular complexity index is 250. The highest BCUT2D eigenvalue weighted by atomic mass is 32.1. The normalized spacial score (nSPS) is 13.2. The summed E-state index contributed by atoms with van der Waals surface area (Å²) in [5, 5.41) is 22.7. The molecule has 3 nitrogen and oxygen atoms in total. The summed E-state index contributed by atoms with van der Waals surface area (Å²) in [6.45, 7) is 3.08. The summed E-state index contributed by atoms with van der Waals surface area (Å²) in [5.41, 5.74) is 1.27. The van der Waals surface area contributed by atoms with Gasteiger partial charge in [-0.15, -0.1) is 11.3 Å². The number of aliphatic hydroxyl groups is 2. The molecule has 0 saturated heterocycles. The number of hydrogen-bond acceptors (Lipinski definition) is 4. The molecule has 0 bridgehead atoms. The molecule has 4 heteroatoms. The van der Waals surface area contributed by atoms with Gasteiger partial charge < -0.3 is 15.5 Å². The molecule has 3 N–H and O–H groups in total. The summed E-state index contributed by atoms with van der Waals surface area (Å²) in [5.74, 6) is 0. The highest BCUT2D eigenvalue weighted by molar-refractivity contribution is 7.10. The quantitative estimate of drug-likeness (QED) is 0.650. The van der Waals surface area contributed by atoms with Crippen molar-refractivity contribution in [3.8, 4) is 0 Å². The van der Waals surface area contributed by atoms with Crippen LogP contribution in [0.2, 0.25) is 0 Å². The fraction of sp³-hybridized carbons (Fsp3) is 0.556. The van der Waals surface area contributed by atoms with Crippen LogP contribution in [-0.2, 0) is 6.54 Å². The van der Waals surface area contributed by atoms with Crippen LogP contribution in [0.4, 0.5) is 0 Å². The topological polar surface area (TPSA) is 52.5 Å². The van der Waals surface area contributed by atoms with Crippen molar-refractivity contribution in [2.45, 2.75) is 19.6 Å². The fourth-order valence-corrected chi connectivity index (χ4v) is 1.88. The molecule has 0 aliphatic heterocycles. The van der Waals surface area contributed by atoms with Gasteiger partial charge in [-0.3, -0.25) is 0 Å². The Labute approximate surface area is 82.0 Å². The average Bonchev–Trinajstić information content (AvgIpc) is 2.52. The summed E-state index contributed by atoms with van der Waals surface area (Å²) in [7, 11) is 0. The minimum Gasteiger partial charge on any atom is -0.394 e. The highest BCUT2D eigenvalue weighted by Gasteiger charge is 2.02. The van der Waals surface area contributed by atoms with E-state index in [2.05, 4.69) is 23.7 Å². The van der Waals surface area contributed by atoms with E-state index in [-0.39, 0.29) is 6.61 Å². The number of hydrogen-bond donors (Lipinski definition) is 3. The first-order chi connectivity index (χ1) is 6.24. The molecule has 13 heavy (non-hydrogen) atoms. The average molecular weight is 201 g/mol. The lowest BCUT2D eigenvalue weighted by molar-refractivity contribution is 0.0943. The second kappa shape index (κ2) is 5.34. The first-order valence-corrected chi connectivity index (χ1v) is 5.14. The molecular weight excluding hydrogens is 186 g/mol. The van der Waals surface area contributed by atoms with E-state index < -0.39 is 6.10 Å². The third kappa shape index (κ3) is 3.44. The Balaban J connectivity index is 2.24. The van der Waals surface area contributed by atoms with Crippen molar-refractivity contribution in [3.05, 3.63) is 21.9 Å². The van der Waals surface area contributed by atoms with Crippen molar-refractivity contribution in [1.29, 1.82) is 0 Å². The number of nitrogens with one attached hydrogen (secondary N) is 1. The van der Waals surface area contributed by atoms with Gasteiger partial charge in [0, 0.05) is 18.0 Å². The second-order valence-corrected chi connectivity index (χ2v) is 3.99. The zero-order chi connectivity index (χ0) is 9.68. The Morgan fingerprint density at radius 2 is 2.38 bits per heavy atom. The van der Waals surface area contributed by atoms with Crippen LogP contribution < -0.4 is 5.32 Å². The van der Waals surface area contributed by atoms with E-state index in [1.807, 2.05) is 0 Å². The molecule has 0 fully saturated rings. The molecule has 0 spiro atoms. The van der Waals surface area contributed by atoms with Crippen LogP contribution in [0.3, 0.4) is 0 Å². The van der Waals surface area contributed by atoms with Gasteiger partial charge in [0.1, 0.15) is 0 Å². The van der Waals surface area contributed by atoms with Crippen molar-refractivity contribution in [2.75, 3.05) is 13.2 Å². The number of aryl methyl sites for hydroxylation is 1. The van der Waals surface area contributed by atoms with Crippen molar-refractivity contribution >= 4 is 11.3 Å². The standard InChI is InChI=1S/C9H15NO2S/c1-7-2-3-13-9(7)5-10-4-8(12)6-11/h2-3,8,10-12H,4-6H2,1H3. The molecule has 1 atom stereocenters. The third-order valence-electron chi connectivity index (χ3n) is 1.84. The SMILES string of the molecule is Cc1ccsc1CNCC(O)CO. The van der Waals surface area contributed by atoms with Crippen molar-refractivity contribution in [1.82, 2.24) is 5.32 Å². The van der Waals surface area contributed by atoms with E-state index in [4.69, 9.17) is 10.2 Å². The van der Waals surface area contributed by atoms with Crippen LogP contribution >= 0.6 is 11.3 Å². The first-order valence-electron chi connectivity index (χ1n) is 4.26. The molecule has 0 aliphatic carbocycles. The molecule has 0 aromatic carbocycles. The molecule has 0 radical (unpaired) electrons. The smallest absolute Gasteiger partial charge is 0.0895 e. The Kier molecular flexibility index (Phi) is 4.38. The zero-order valence-corrected chi connectivity index (χ0v) is 8.47. The minimum absolute atomic E-state index is 0.184. The molecule has 1 rings (SSSR count). The van der Waals surface area contributed by atoms with Gasteiger partial charge in [0.2, 0.25) is 0 Å². The van der Waals surface area contributed by atoms with Gasteiger partial charge in [0.05, 0.1) is 12.7 Å². The molecule has 74 valence electrons. The lowest BCUT2D eigenvalue weighted by Gasteiger charge is -2.07. The van der Waals surface area contributed by atoms with E-state index in [0.717, 1.165) is 6.54 Å². The number of thiophene rings is 1. The van der Waals surface area contributed by atoms with Crippen molar-refractivity contribution in [2.24, 2.45) is 0 Å². The third-order valence-corrected chi connectivity index (χ3v) is 2.87. The molecule has 0 aliphatic rings. The minimum atomic E-state index is -0.653. The van der Waals surface area contributed by atoms with Crippen molar-refractivity contribution in [3.63, 3.8) is 0 Å². The van der Waals surface area contributed by atoms with Gasteiger partial charge in [-0.05, 0) is 23.9 Å². The summed E-state index contributed by atoms with van der Waals surface area (Å²) >= 11 is 1.70. The maximum absolute atomic E-state index is 9.05. The van der Waals surface area contributed by atoms with Gasteiger partial charge >= 0.3 is 0 Å². The molecule has 1 unspecified atom stereocenters. The van der Waals surface area contributed by atoms with Gasteiger partial charge in [0.25, 0.3) is 0 Å². The summed E-state index contributed by atoms with van der Waals surface area (Å²) in [4.78, 5) is 1.28. The predicted molar refractivity (Wildman–Crippen MR) is 53.9 cm³/mol. The van der Waals surface area contributed by atoms with E-state index >= 15 is 0 Å². The fourth-order valence-electron chi connectivity index (χ4n) is 1.00. The monoisotopic (exact) mass is 201 g/mol. The van der Waals surface area contributed by atoms with E-state index in [1.165, 1.54) is 10.4 Å². The maximum atomic E-state index is 9.05. The van der Waals surface area contributed by atoms with Crippen molar-refractivity contribution < 1.29 is 10.2 Å². The summed E-state index contributed by atoms with van der Waals surface area (Å²) in [6.07, 6.45) is -0.653. The highest BCUT2D eigenvalue weighted by Crippen LogP contribution is 2.14.